The molecule has 0 aliphatic heterocycles. The molecule has 4 nitrogen and oxygen atoms in total. The summed E-state index contributed by atoms with van der Waals surface area (Å²) in [5.41, 5.74) is 0. The maximum atomic E-state index is 6.28. The fourth-order valence-corrected chi connectivity index (χ4v) is 3.50. The lowest BCUT2D eigenvalue weighted by Crippen LogP contribution is -3.00. The van der Waals surface area contributed by atoms with Gasteiger partial charge in [-0.15, -0.1) is 0 Å². The molecule has 2 rings (SSSR count). The highest BCUT2D eigenvalue weighted by Crippen LogP contribution is 2.35. The van der Waals surface area contributed by atoms with Gasteiger partial charge in [0.15, 0.2) is 13.5 Å². The molecule has 24 heavy (non-hydrogen) atoms. The van der Waals surface area contributed by atoms with Crippen LogP contribution in [0.1, 0.15) is 59.8 Å². The van der Waals surface area contributed by atoms with Crippen molar-refractivity contribution in [2.45, 2.75) is 79.4 Å². The van der Waals surface area contributed by atoms with Gasteiger partial charge in [0.25, 0.3) is 0 Å². The molecule has 140 valence electrons. The largest absolute Gasteiger partial charge is 1.00 e. The molecule has 0 saturated heterocycles. The lowest BCUT2D eigenvalue weighted by Gasteiger charge is -2.36. The lowest BCUT2D eigenvalue weighted by molar-refractivity contribution is -0.732. The summed E-state index contributed by atoms with van der Waals surface area (Å²) >= 11 is 0. The normalized spacial score (nSPS) is 24.1. The van der Waals surface area contributed by atoms with Gasteiger partial charge in [0.2, 0.25) is 6.33 Å². The van der Waals surface area contributed by atoms with Crippen LogP contribution in [0.3, 0.4) is 0 Å². The van der Waals surface area contributed by atoms with Gasteiger partial charge in [-0.1, -0.05) is 40.5 Å². The van der Waals surface area contributed by atoms with E-state index >= 15 is 0 Å². The molecule has 3 atom stereocenters. The predicted octanol–water partition coefficient (Wildman–Crippen LogP) is 0.989. The molecule has 1 aliphatic rings. The average Bonchev–Trinajstić information content (AvgIpc) is 2.97. The Kier molecular flexibility index (Phi) is 9.94. The van der Waals surface area contributed by atoms with E-state index in [1.807, 2.05) is 0 Å². The zero-order valence-electron chi connectivity index (χ0n) is 15.8. The van der Waals surface area contributed by atoms with Crippen LogP contribution in [0.15, 0.2) is 18.7 Å². The van der Waals surface area contributed by atoms with Crippen molar-refractivity contribution in [1.82, 2.24) is 4.57 Å². The van der Waals surface area contributed by atoms with Gasteiger partial charge in [-0.2, -0.15) is 0 Å². The van der Waals surface area contributed by atoms with Crippen molar-refractivity contribution in [3.8, 4) is 0 Å². The van der Waals surface area contributed by atoms with Gasteiger partial charge in [0.1, 0.15) is 12.4 Å². The second-order valence-electron chi connectivity index (χ2n) is 7.49. The predicted molar refractivity (Wildman–Crippen MR) is 91.7 cm³/mol. The second kappa shape index (κ2) is 11.1. The zero-order chi connectivity index (χ0) is 16.7. The first-order valence-electron chi connectivity index (χ1n) is 9.34. The van der Waals surface area contributed by atoms with E-state index in [0.717, 1.165) is 18.9 Å². The van der Waals surface area contributed by atoms with E-state index in [1.165, 1.54) is 25.7 Å². The quantitative estimate of drug-likeness (QED) is 0.486. The van der Waals surface area contributed by atoms with Crippen LogP contribution in [0.4, 0.5) is 0 Å². The summed E-state index contributed by atoms with van der Waals surface area (Å²) in [5.74, 6) is 2.19. The van der Waals surface area contributed by atoms with Crippen molar-refractivity contribution >= 4 is 0 Å². The Morgan fingerprint density at radius 3 is 2.79 bits per heavy atom. The molecule has 0 aromatic carbocycles. The van der Waals surface area contributed by atoms with Crippen LogP contribution in [0, 0.1) is 17.8 Å². The van der Waals surface area contributed by atoms with Gasteiger partial charge < -0.3 is 21.9 Å². The Balaban J connectivity index is 0.00000288. The van der Waals surface area contributed by atoms with Crippen LogP contribution in [0.2, 0.25) is 0 Å². The second-order valence-corrected chi connectivity index (χ2v) is 7.49. The van der Waals surface area contributed by atoms with Crippen molar-refractivity contribution in [3.05, 3.63) is 18.7 Å². The standard InChI is InChI=1S/C19H35N2O2.ClH/c1-5-6-11-22-14-20-9-10-21(13-20)15-23-19-12-17(4)7-8-18(19)16(2)3;/h9-10,13,16-19H,5-8,11-12,14-15H2,1-4H3;1H/q+1;/p-1/t17-,18+,19-;/m1./s1. The van der Waals surface area contributed by atoms with Crippen LogP contribution >= 0.6 is 0 Å². The third-order valence-electron chi connectivity index (χ3n) is 5.03. The summed E-state index contributed by atoms with van der Waals surface area (Å²) in [7, 11) is 0. The van der Waals surface area contributed by atoms with E-state index in [2.05, 4.69) is 55.6 Å². The van der Waals surface area contributed by atoms with Gasteiger partial charge in [-0.05, 0) is 37.0 Å². The van der Waals surface area contributed by atoms with Gasteiger partial charge in [-0.3, -0.25) is 0 Å². The highest BCUT2D eigenvalue weighted by atomic mass is 35.5. The van der Waals surface area contributed by atoms with Crippen molar-refractivity contribution in [3.63, 3.8) is 0 Å². The SMILES string of the molecule is CCCCOC[n+]1ccn(CO[C@@H]2C[C@H](C)CC[C@H]2C(C)C)c1.[Cl-]. The Morgan fingerprint density at radius 2 is 2.08 bits per heavy atom. The number of aromatic nitrogens is 2. The molecule has 0 amide bonds. The van der Waals surface area contributed by atoms with Crippen LogP contribution in [0.5, 0.6) is 0 Å². The van der Waals surface area contributed by atoms with Crippen LogP contribution < -0.4 is 17.0 Å². The highest BCUT2D eigenvalue weighted by Gasteiger charge is 2.31. The summed E-state index contributed by atoms with van der Waals surface area (Å²) in [6.45, 7) is 11.3. The van der Waals surface area contributed by atoms with Gasteiger partial charge in [0, 0.05) is 0 Å². The molecule has 0 N–H and O–H groups in total. The van der Waals surface area contributed by atoms with E-state index in [1.54, 1.807) is 0 Å². The molecule has 0 unspecified atom stereocenters. The summed E-state index contributed by atoms with van der Waals surface area (Å²) in [5, 5.41) is 0. The first kappa shape index (κ1) is 21.5. The summed E-state index contributed by atoms with van der Waals surface area (Å²) in [6, 6.07) is 0. The van der Waals surface area contributed by atoms with Crippen LogP contribution in [0.25, 0.3) is 0 Å². The number of rotatable bonds is 9. The molecule has 1 aromatic rings. The summed E-state index contributed by atoms with van der Waals surface area (Å²) in [6.07, 6.45) is 12.8. The minimum absolute atomic E-state index is 0. The van der Waals surface area contributed by atoms with Gasteiger partial charge >= 0.3 is 0 Å². The van der Waals surface area contributed by atoms with Crippen molar-refractivity contribution in [2.75, 3.05) is 6.61 Å². The fourth-order valence-electron chi connectivity index (χ4n) is 3.50. The first-order valence-corrected chi connectivity index (χ1v) is 9.34. The number of ether oxygens (including phenoxy) is 2. The van der Waals surface area contributed by atoms with E-state index in [0.29, 0.717) is 31.4 Å². The highest BCUT2D eigenvalue weighted by molar-refractivity contribution is 4.81. The Hall–Kier alpha value is -0.580. The van der Waals surface area contributed by atoms with E-state index in [-0.39, 0.29) is 12.4 Å². The van der Waals surface area contributed by atoms with E-state index in [9.17, 15) is 0 Å². The first-order chi connectivity index (χ1) is 11.1. The monoisotopic (exact) mass is 358 g/mol. The van der Waals surface area contributed by atoms with Crippen LogP contribution in [-0.4, -0.2) is 17.3 Å². The number of unbranched alkanes of at least 4 members (excludes halogenated alkanes) is 1. The topological polar surface area (TPSA) is 27.3 Å². The smallest absolute Gasteiger partial charge is 0.247 e. The van der Waals surface area contributed by atoms with Crippen molar-refractivity contribution in [2.24, 2.45) is 17.8 Å². The molecule has 0 bridgehead atoms. The number of nitrogens with zero attached hydrogens (tertiary/aromatic N) is 2. The van der Waals surface area contributed by atoms with Gasteiger partial charge in [0.05, 0.1) is 12.7 Å². The molecular weight excluding hydrogens is 324 g/mol. The summed E-state index contributed by atoms with van der Waals surface area (Å²) in [4.78, 5) is 0. The zero-order valence-corrected chi connectivity index (χ0v) is 16.5. The minimum atomic E-state index is 0. The molecule has 5 heteroatoms. The Bertz CT molecular complexity index is 450. The Labute approximate surface area is 153 Å². The Morgan fingerprint density at radius 1 is 1.29 bits per heavy atom. The van der Waals surface area contributed by atoms with E-state index in [4.69, 9.17) is 9.47 Å². The van der Waals surface area contributed by atoms with Crippen molar-refractivity contribution < 1.29 is 26.4 Å². The number of hydrogen-bond donors (Lipinski definition) is 0. The van der Waals surface area contributed by atoms with Crippen molar-refractivity contribution in [1.29, 1.82) is 0 Å². The molecule has 0 radical (unpaired) electrons. The molecule has 1 heterocycles. The third-order valence-corrected chi connectivity index (χ3v) is 5.03. The number of hydrogen-bond acceptors (Lipinski definition) is 2. The molecular formula is C19H35ClN2O2. The molecule has 1 aromatic heterocycles. The molecule has 1 aliphatic carbocycles. The van der Waals surface area contributed by atoms with Crippen LogP contribution in [-0.2, 0) is 22.9 Å². The molecule has 1 saturated carbocycles. The number of halogens is 1. The lowest BCUT2D eigenvalue weighted by atomic mass is 9.75. The maximum absolute atomic E-state index is 6.28. The van der Waals surface area contributed by atoms with Gasteiger partial charge in [-0.25, -0.2) is 9.13 Å². The minimum Gasteiger partial charge on any atom is -1.00 e. The third kappa shape index (κ3) is 6.73. The van der Waals surface area contributed by atoms with E-state index < -0.39 is 0 Å². The maximum Gasteiger partial charge on any atom is 0.247 e. The fraction of sp³-hybridized carbons (Fsp3) is 0.842. The molecule has 1 fully saturated rings. The average molecular weight is 359 g/mol. The number of imidazole rings is 1. The molecule has 0 spiro atoms. The summed E-state index contributed by atoms with van der Waals surface area (Å²) < 4.78 is 16.1.